The molecule has 7 heteroatoms. The van der Waals surface area contributed by atoms with Crippen molar-refractivity contribution in [1.82, 2.24) is 0 Å². The van der Waals surface area contributed by atoms with Crippen molar-refractivity contribution >= 4 is 29.2 Å². The molecular weight excluding hydrogens is 300 g/mol. The third kappa shape index (κ3) is 3.50. The van der Waals surface area contributed by atoms with Gasteiger partial charge in [0.25, 0.3) is 0 Å². The van der Waals surface area contributed by atoms with E-state index < -0.39 is 11.9 Å². The minimum Gasteiger partial charge on any atom is -0.466 e. The predicted molar refractivity (Wildman–Crippen MR) is 83.9 cm³/mol. The van der Waals surface area contributed by atoms with E-state index in [0.717, 1.165) is 17.3 Å². The molecule has 0 atom stereocenters. The highest BCUT2D eigenvalue weighted by atomic mass is 16.5. The van der Waals surface area contributed by atoms with E-state index in [2.05, 4.69) is 14.8 Å². The molecule has 1 aliphatic rings. The van der Waals surface area contributed by atoms with Crippen LogP contribution in [0.4, 0.5) is 11.4 Å². The van der Waals surface area contributed by atoms with Crippen LogP contribution in [0, 0.1) is 0 Å². The summed E-state index contributed by atoms with van der Waals surface area (Å²) in [7, 11) is 2.43. The number of esters is 2. The second-order valence-electron chi connectivity index (χ2n) is 4.86. The van der Waals surface area contributed by atoms with Crippen LogP contribution >= 0.6 is 0 Å². The highest BCUT2D eigenvalue weighted by Gasteiger charge is 2.26. The largest absolute Gasteiger partial charge is 0.466 e. The summed E-state index contributed by atoms with van der Waals surface area (Å²) in [4.78, 5) is 36.7. The molecule has 0 saturated carbocycles. The minimum atomic E-state index is -0.692. The Labute approximate surface area is 133 Å². The standard InChI is InChI=1S/C16H18N2O5/c1-4-18-13-6-5-11(7-10(13)8-14(18)19)17-12(16(21)23-3)9-15(20)22-2/h5-7,9,17H,4,8H2,1-3H3/b12-9+. The van der Waals surface area contributed by atoms with Crippen molar-refractivity contribution in [2.45, 2.75) is 13.3 Å². The van der Waals surface area contributed by atoms with E-state index in [1.807, 2.05) is 6.92 Å². The van der Waals surface area contributed by atoms with E-state index >= 15 is 0 Å². The van der Waals surface area contributed by atoms with E-state index in [9.17, 15) is 14.4 Å². The van der Waals surface area contributed by atoms with Gasteiger partial charge in [0.15, 0.2) is 0 Å². The second kappa shape index (κ2) is 6.95. The zero-order chi connectivity index (χ0) is 17.0. The first kappa shape index (κ1) is 16.5. The maximum absolute atomic E-state index is 11.9. The van der Waals surface area contributed by atoms with Gasteiger partial charge in [0.2, 0.25) is 5.91 Å². The molecule has 2 rings (SSSR count). The molecule has 122 valence electrons. The summed E-state index contributed by atoms with van der Waals surface area (Å²) in [5.74, 6) is -1.33. The van der Waals surface area contributed by atoms with Gasteiger partial charge in [0.1, 0.15) is 5.70 Å². The molecule has 0 saturated heterocycles. The van der Waals surface area contributed by atoms with Crippen LogP contribution in [0.15, 0.2) is 30.0 Å². The van der Waals surface area contributed by atoms with Crippen LogP contribution in [-0.4, -0.2) is 38.6 Å². The normalized spacial score (nSPS) is 13.6. The lowest BCUT2D eigenvalue weighted by atomic mass is 10.1. The molecule has 7 nitrogen and oxygen atoms in total. The molecule has 0 unspecified atom stereocenters. The van der Waals surface area contributed by atoms with Crippen molar-refractivity contribution in [3.8, 4) is 0 Å². The fourth-order valence-electron chi connectivity index (χ4n) is 2.40. The number of hydrogen-bond donors (Lipinski definition) is 1. The summed E-state index contributed by atoms with van der Waals surface area (Å²) in [6, 6.07) is 5.31. The van der Waals surface area contributed by atoms with Gasteiger partial charge in [-0.2, -0.15) is 0 Å². The Kier molecular flexibility index (Phi) is 5.00. The molecule has 1 aromatic rings. The number of nitrogens with zero attached hydrogens (tertiary/aromatic N) is 1. The molecule has 1 heterocycles. The summed E-state index contributed by atoms with van der Waals surface area (Å²) < 4.78 is 9.15. The van der Waals surface area contributed by atoms with Gasteiger partial charge in [0.05, 0.1) is 26.7 Å². The first-order valence-corrected chi connectivity index (χ1v) is 7.08. The molecule has 0 fully saturated rings. The average Bonchev–Trinajstić information content (AvgIpc) is 2.87. The maximum Gasteiger partial charge on any atom is 0.354 e. The van der Waals surface area contributed by atoms with Gasteiger partial charge in [-0.3, -0.25) is 4.79 Å². The Balaban J connectivity index is 2.27. The predicted octanol–water partition coefficient (Wildman–Crippen LogP) is 1.24. The quantitative estimate of drug-likeness (QED) is 0.649. The number of methoxy groups -OCH3 is 2. The van der Waals surface area contributed by atoms with Crippen molar-refractivity contribution < 1.29 is 23.9 Å². The molecule has 0 spiro atoms. The Morgan fingerprint density at radius 3 is 2.65 bits per heavy atom. The highest BCUT2D eigenvalue weighted by Crippen LogP contribution is 2.31. The van der Waals surface area contributed by atoms with Gasteiger partial charge in [0, 0.05) is 17.9 Å². The van der Waals surface area contributed by atoms with E-state index in [1.54, 1.807) is 23.1 Å². The Bertz CT molecular complexity index is 681. The molecule has 0 aliphatic carbocycles. The van der Waals surface area contributed by atoms with E-state index in [0.29, 0.717) is 18.7 Å². The van der Waals surface area contributed by atoms with Crippen LogP contribution in [0.1, 0.15) is 12.5 Å². The van der Waals surface area contributed by atoms with Gasteiger partial charge < -0.3 is 19.7 Å². The number of carbonyl (C=O) groups excluding carboxylic acids is 3. The van der Waals surface area contributed by atoms with Gasteiger partial charge in [-0.25, -0.2) is 9.59 Å². The lowest BCUT2D eigenvalue weighted by Gasteiger charge is -2.15. The number of nitrogens with one attached hydrogen (secondary N) is 1. The van der Waals surface area contributed by atoms with Crippen LogP contribution in [0.3, 0.4) is 0 Å². The number of likely N-dealkylation sites (N-methyl/N-ethyl adjacent to an activating group) is 1. The number of rotatable bonds is 5. The molecule has 1 amide bonds. The molecule has 23 heavy (non-hydrogen) atoms. The molecular formula is C16H18N2O5. The number of anilines is 2. The topological polar surface area (TPSA) is 84.9 Å². The Morgan fingerprint density at radius 2 is 2.04 bits per heavy atom. The lowest BCUT2D eigenvalue weighted by molar-refractivity contribution is -0.138. The molecule has 0 radical (unpaired) electrons. The molecule has 1 aliphatic heterocycles. The maximum atomic E-state index is 11.9. The van der Waals surface area contributed by atoms with Crippen LogP contribution < -0.4 is 10.2 Å². The van der Waals surface area contributed by atoms with Crippen LogP contribution in [0.25, 0.3) is 0 Å². The van der Waals surface area contributed by atoms with Crippen LogP contribution in [-0.2, 0) is 30.3 Å². The van der Waals surface area contributed by atoms with E-state index in [1.165, 1.54) is 14.2 Å². The molecule has 0 aromatic heterocycles. The first-order valence-electron chi connectivity index (χ1n) is 7.08. The van der Waals surface area contributed by atoms with Crippen molar-refractivity contribution in [2.24, 2.45) is 0 Å². The summed E-state index contributed by atoms with van der Waals surface area (Å²) in [6.45, 7) is 2.52. The summed E-state index contributed by atoms with van der Waals surface area (Å²) >= 11 is 0. The van der Waals surface area contributed by atoms with Gasteiger partial charge in [-0.1, -0.05) is 0 Å². The number of carbonyl (C=O) groups is 3. The molecule has 0 bridgehead atoms. The van der Waals surface area contributed by atoms with E-state index in [4.69, 9.17) is 0 Å². The Morgan fingerprint density at radius 1 is 1.30 bits per heavy atom. The van der Waals surface area contributed by atoms with Crippen LogP contribution in [0.2, 0.25) is 0 Å². The first-order chi connectivity index (χ1) is 11.0. The fourth-order valence-corrected chi connectivity index (χ4v) is 2.40. The van der Waals surface area contributed by atoms with Gasteiger partial charge in [-0.15, -0.1) is 0 Å². The Hall–Kier alpha value is -2.83. The zero-order valence-electron chi connectivity index (χ0n) is 13.2. The summed E-state index contributed by atoms with van der Waals surface area (Å²) in [6.07, 6.45) is 1.33. The van der Waals surface area contributed by atoms with Crippen molar-refractivity contribution in [3.63, 3.8) is 0 Å². The lowest BCUT2D eigenvalue weighted by Crippen LogP contribution is -2.25. The monoisotopic (exact) mass is 318 g/mol. The van der Waals surface area contributed by atoms with Crippen LogP contribution in [0.5, 0.6) is 0 Å². The smallest absolute Gasteiger partial charge is 0.354 e. The van der Waals surface area contributed by atoms with Crippen molar-refractivity contribution in [1.29, 1.82) is 0 Å². The van der Waals surface area contributed by atoms with Gasteiger partial charge in [-0.05, 0) is 30.7 Å². The third-order valence-electron chi connectivity index (χ3n) is 3.48. The average molecular weight is 318 g/mol. The number of hydrogen-bond acceptors (Lipinski definition) is 6. The number of amides is 1. The molecule has 1 aromatic carbocycles. The summed E-state index contributed by atoms with van der Waals surface area (Å²) in [5.41, 5.74) is 2.26. The number of ether oxygens (including phenoxy) is 2. The third-order valence-corrected chi connectivity index (χ3v) is 3.48. The SMILES string of the molecule is CCN1C(=O)Cc2cc(N/C(=C/C(=O)OC)C(=O)OC)ccc21. The zero-order valence-corrected chi connectivity index (χ0v) is 13.2. The van der Waals surface area contributed by atoms with Gasteiger partial charge >= 0.3 is 11.9 Å². The minimum absolute atomic E-state index is 0.0398. The van der Waals surface area contributed by atoms with Crippen molar-refractivity contribution in [3.05, 3.63) is 35.5 Å². The summed E-state index contributed by atoms with van der Waals surface area (Å²) in [5, 5.41) is 2.83. The molecule has 1 N–H and O–H groups in total. The highest BCUT2D eigenvalue weighted by molar-refractivity contribution is 6.02. The second-order valence-corrected chi connectivity index (χ2v) is 4.86. The van der Waals surface area contributed by atoms with Crippen molar-refractivity contribution in [2.75, 3.05) is 31.0 Å². The number of benzene rings is 1. The fraction of sp³-hybridized carbons (Fsp3) is 0.312. The number of fused-ring (bicyclic) bond motifs is 1. The van der Waals surface area contributed by atoms with E-state index in [-0.39, 0.29) is 11.6 Å².